The third kappa shape index (κ3) is 5.41. The monoisotopic (exact) mass is 378 g/mol. The van der Waals surface area contributed by atoms with E-state index in [4.69, 9.17) is 9.47 Å². The number of hydrogen-bond donors (Lipinski definition) is 1. The molecule has 6 heteroatoms. The van der Waals surface area contributed by atoms with E-state index in [1.54, 1.807) is 48.7 Å². The van der Waals surface area contributed by atoms with Crippen molar-refractivity contribution in [2.45, 2.75) is 6.92 Å². The van der Waals surface area contributed by atoms with Gasteiger partial charge in [-0.15, -0.1) is 0 Å². The highest BCUT2D eigenvalue weighted by Crippen LogP contribution is 2.25. The first-order chi connectivity index (χ1) is 13.6. The molecule has 5 nitrogen and oxygen atoms in total. The van der Waals surface area contributed by atoms with E-state index in [0.717, 1.165) is 5.75 Å². The fourth-order valence-corrected chi connectivity index (χ4v) is 2.39. The Balaban J connectivity index is 1.60. The number of nitrogens with one attached hydrogen (secondary N) is 1. The van der Waals surface area contributed by atoms with E-state index in [-0.39, 0.29) is 11.7 Å². The summed E-state index contributed by atoms with van der Waals surface area (Å²) in [5.74, 6) is 0.418. The minimum atomic E-state index is -0.530. The number of pyridine rings is 1. The number of amides is 1. The zero-order chi connectivity index (χ0) is 19.8. The number of hydrogen-bond acceptors (Lipinski definition) is 4. The second-order valence-corrected chi connectivity index (χ2v) is 5.76. The van der Waals surface area contributed by atoms with Gasteiger partial charge in [-0.25, -0.2) is 4.39 Å². The highest BCUT2D eigenvalue weighted by Gasteiger charge is 2.06. The van der Waals surface area contributed by atoms with Crippen LogP contribution in [0, 0.1) is 5.82 Å². The zero-order valence-electron chi connectivity index (χ0n) is 15.3. The van der Waals surface area contributed by atoms with E-state index in [2.05, 4.69) is 10.3 Å². The number of carbonyl (C=O) groups excluding carboxylic acids is 1. The van der Waals surface area contributed by atoms with Crippen molar-refractivity contribution in [1.29, 1.82) is 0 Å². The second kappa shape index (κ2) is 9.32. The molecule has 0 aliphatic heterocycles. The van der Waals surface area contributed by atoms with Gasteiger partial charge in [-0.2, -0.15) is 0 Å². The highest BCUT2D eigenvalue weighted by molar-refractivity contribution is 6.01. The van der Waals surface area contributed by atoms with Crippen molar-refractivity contribution in [2.75, 3.05) is 11.9 Å². The number of carbonyl (C=O) groups is 1. The normalized spacial score (nSPS) is 10.6. The summed E-state index contributed by atoms with van der Waals surface area (Å²) >= 11 is 0. The SMILES string of the molecule is CCOc1ccc(NC(=O)/C=C/c2ccc(Oc3cccnc3)c(F)c2)cc1. The van der Waals surface area contributed by atoms with E-state index in [9.17, 15) is 9.18 Å². The number of ether oxygens (including phenoxy) is 2. The molecule has 0 spiro atoms. The predicted molar refractivity (Wildman–Crippen MR) is 106 cm³/mol. The molecule has 1 amide bonds. The molecule has 0 saturated heterocycles. The third-order valence-corrected chi connectivity index (χ3v) is 3.68. The largest absolute Gasteiger partial charge is 0.494 e. The van der Waals surface area contributed by atoms with E-state index in [1.807, 2.05) is 6.92 Å². The summed E-state index contributed by atoms with van der Waals surface area (Å²) in [7, 11) is 0. The van der Waals surface area contributed by atoms with Crippen molar-refractivity contribution in [1.82, 2.24) is 4.98 Å². The molecule has 28 heavy (non-hydrogen) atoms. The maximum atomic E-state index is 14.2. The first-order valence-electron chi connectivity index (χ1n) is 8.73. The van der Waals surface area contributed by atoms with Crippen LogP contribution in [0.5, 0.6) is 17.2 Å². The number of rotatable bonds is 7. The smallest absolute Gasteiger partial charge is 0.248 e. The van der Waals surface area contributed by atoms with Crippen molar-refractivity contribution >= 4 is 17.7 Å². The van der Waals surface area contributed by atoms with Gasteiger partial charge in [0.25, 0.3) is 0 Å². The van der Waals surface area contributed by atoms with Crippen molar-refractivity contribution in [2.24, 2.45) is 0 Å². The average Bonchev–Trinajstić information content (AvgIpc) is 2.71. The van der Waals surface area contributed by atoms with Crippen molar-refractivity contribution in [3.05, 3.63) is 84.4 Å². The Kier molecular flexibility index (Phi) is 6.36. The van der Waals surface area contributed by atoms with Gasteiger partial charge in [-0.1, -0.05) is 6.07 Å². The first kappa shape index (κ1) is 19.1. The van der Waals surface area contributed by atoms with Crippen molar-refractivity contribution in [3.8, 4) is 17.2 Å². The Morgan fingerprint density at radius 1 is 1.14 bits per heavy atom. The number of aromatic nitrogens is 1. The van der Waals surface area contributed by atoms with Gasteiger partial charge in [0.2, 0.25) is 5.91 Å². The van der Waals surface area contributed by atoms with Crippen LogP contribution in [0.25, 0.3) is 6.08 Å². The van der Waals surface area contributed by atoms with E-state index in [1.165, 1.54) is 30.5 Å². The Bertz CT molecular complexity index is 957. The van der Waals surface area contributed by atoms with Gasteiger partial charge in [-0.05, 0) is 67.1 Å². The molecule has 0 atom stereocenters. The van der Waals surface area contributed by atoms with Crippen LogP contribution in [-0.4, -0.2) is 17.5 Å². The van der Waals surface area contributed by atoms with Crippen molar-refractivity contribution < 1.29 is 18.7 Å². The molecule has 3 rings (SSSR count). The lowest BCUT2D eigenvalue weighted by atomic mass is 10.2. The van der Waals surface area contributed by atoms with Crippen LogP contribution in [0.3, 0.4) is 0 Å². The summed E-state index contributed by atoms with van der Waals surface area (Å²) in [5.41, 5.74) is 1.18. The molecule has 0 unspecified atom stereocenters. The van der Waals surface area contributed by atoms with Crippen LogP contribution >= 0.6 is 0 Å². The second-order valence-electron chi connectivity index (χ2n) is 5.76. The number of halogens is 1. The third-order valence-electron chi connectivity index (χ3n) is 3.68. The molecule has 142 valence electrons. The number of benzene rings is 2. The minimum Gasteiger partial charge on any atom is -0.494 e. The number of nitrogens with zero attached hydrogens (tertiary/aromatic N) is 1. The fraction of sp³-hybridized carbons (Fsp3) is 0.0909. The van der Waals surface area contributed by atoms with Gasteiger partial charge in [0, 0.05) is 18.0 Å². The topological polar surface area (TPSA) is 60.5 Å². The maximum absolute atomic E-state index is 14.2. The Morgan fingerprint density at radius 2 is 1.96 bits per heavy atom. The van der Waals surface area contributed by atoms with Crippen LogP contribution in [0.15, 0.2) is 73.1 Å². The highest BCUT2D eigenvalue weighted by atomic mass is 19.1. The quantitative estimate of drug-likeness (QED) is 0.584. The lowest BCUT2D eigenvalue weighted by molar-refractivity contribution is -0.111. The molecule has 0 aliphatic rings. The lowest BCUT2D eigenvalue weighted by Gasteiger charge is -2.07. The van der Waals surface area contributed by atoms with Gasteiger partial charge < -0.3 is 14.8 Å². The molecule has 3 aromatic rings. The predicted octanol–water partition coefficient (Wildman–Crippen LogP) is 5.06. The fourth-order valence-electron chi connectivity index (χ4n) is 2.39. The summed E-state index contributed by atoms with van der Waals surface area (Å²) < 4.78 is 25.0. The Hall–Kier alpha value is -3.67. The van der Waals surface area contributed by atoms with Gasteiger partial charge >= 0.3 is 0 Å². The molecular weight excluding hydrogens is 359 g/mol. The van der Waals surface area contributed by atoms with Gasteiger partial charge in [0.1, 0.15) is 11.5 Å². The number of anilines is 1. The molecule has 0 radical (unpaired) electrons. The van der Waals surface area contributed by atoms with Gasteiger partial charge in [0.15, 0.2) is 11.6 Å². The van der Waals surface area contributed by atoms with Crippen LogP contribution < -0.4 is 14.8 Å². The molecule has 0 bridgehead atoms. The van der Waals surface area contributed by atoms with Crippen LogP contribution in [0.1, 0.15) is 12.5 Å². The molecule has 2 aromatic carbocycles. The van der Waals surface area contributed by atoms with Crippen LogP contribution in [0.4, 0.5) is 10.1 Å². The Labute approximate surface area is 162 Å². The van der Waals surface area contributed by atoms with Crippen LogP contribution in [-0.2, 0) is 4.79 Å². The molecular formula is C22H19FN2O3. The standard InChI is InChI=1S/C22H19FN2O3/c1-2-27-18-9-7-17(8-10-18)25-22(26)12-6-16-5-11-21(20(23)14-16)28-19-4-3-13-24-15-19/h3-15H,2H2,1H3,(H,25,26)/b12-6+. The molecule has 1 N–H and O–H groups in total. The lowest BCUT2D eigenvalue weighted by Crippen LogP contribution is -2.07. The molecule has 0 aliphatic carbocycles. The summed E-state index contributed by atoms with van der Waals surface area (Å²) in [6.45, 7) is 2.48. The zero-order valence-corrected chi connectivity index (χ0v) is 15.3. The van der Waals surface area contributed by atoms with Gasteiger partial charge in [0.05, 0.1) is 12.8 Å². The van der Waals surface area contributed by atoms with Gasteiger partial charge in [-0.3, -0.25) is 9.78 Å². The maximum Gasteiger partial charge on any atom is 0.248 e. The summed E-state index contributed by atoms with van der Waals surface area (Å²) in [6, 6.07) is 14.9. The molecule has 1 heterocycles. The minimum absolute atomic E-state index is 0.0870. The van der Waals surface area contributed by atoms with E-state index in [0.29, 0.717) is 23.6 Å². The van der Waals surface area contributed by atoms with Crippen LogP contribution in [0.2, 0.25) is 0 Å². The summed E-state index contributed by atoms with van der Waals surface area (Å²) in [6.07, 6.45) is 5.97. The van der Waals surface area contributed by atoms with Crippen molar-refractivity contribution in [3.63, 3.8) is 0 Å². The summed E-state index contributed by atoms with van der Waals surface area (Å²) in [4.78, 5) is 16.0. The molecule has 0 saturated carbocycles. The van der Waals surface area contributed by atoms with E-state index < -0.39 is 5.82 Å². The van der Waals surface area contributed by atoms with E-state index >= 15 is 0 Å². The Morgan fingerprint density at radius 3 is 2.64 bits per heavy atom. The molecule has 0 fully saturated rings. The first-order valence-corrected chi connectivity index (χ1v) is 8.73. The summed E-state index contributed by atoms with van der Waals surface area (Å²) in [5, 5.41) is 2.73. The average molecular weight is 378 g/mol. The molecule has 1 aromatic heterocycles.